The first-order valence-electron chi connectivity index (χ1n) is 18.3. The number of likely N-dealkylation sites (tertiary alicyclic amines) is 1. The monoisotopic (exact) mass is 671 g/mol. The van der Waals surface area contributed by atoms with Crippen LogP contribution < -0.4 is 8.92 Å². The maximum Gasteiger partial charge on any atom is 0.360 e. The van der Waals surface area contributed by atoms with Crippen molar-refractivity contribution < 1.29 is 27.2 Å². The molecular weight excluding hydrogens is 623 g/mol. The van der Waals surface area contributed by atoms with E-state index in [1.807, 2.05) is 20.1 Å². The molecule has 0 aromatic heterocycles. The Balaban J connectivity index is 0.978. The van der Waals surface area contributed by atoms with Crippen LogP contribution in [0.1, 0.15) is 94.9 Å². The molecule has 2 aliphatic heterocycles. The molecule has 10 atom stereocenters. The van der Waals surface area contributed by atoms with Crippen LogP contribution >= 0.6 is 0 Å². The van der Waals surface area contributed by atoms with Crippen molar-refractivity contribution in [3.8, 4) is 11.5 Å². The van der Waals surface area contributed by atoms with E-state index in [0.29, 0.717) is 18.4 Å². The molecule has 2 aromatic carbocycles. The molecule has 10 unspecified atom stereocenters. The number of hydrogen-bond donors (Lipinski definition) is 1. The summed E-state index contributed by atoms with van der Waals surface area (Å²) >= 11 is -1.97. The van der Waals surface area contributed by atoms with Crippen LogP contribution in [0.15, 0.2) is 48.0 Å². The SMILES string of the molecule is COC12CCC3(CC1C(C)(O)C(C)(C)C)C1N(CC4CC4)C14CC31c3c4ccc(OS(=O)OCCC4=CCc5ccccc5C4)c3OC21. The maximum absolute atomic E-state index is 13.4. The van der Waals surface area contributed by atoms with E-state index in [9.17, 15) is 9.32 Å². The number of nitrogens with zero attached hydrogens (tertiary/aromatic N) is 1. The minimum atomic E-state index is -1.97. The lowest BCUT2D eigenvalue weighted by Gasteiger charge is -2.69. The van der Waals surface area contributed by atoms with Gasteiger partial charge in [0.15, 0.2) is 11.5 Å². The highest BCUT2D eigenvalue weighted by atomic mass is 32.2. The Morgan fingerprint density at radius 1 is 1.08 bits per heavy atom. The summed E-state index contributed by atoms with van der Waals surface area (Å²) in [5, 5.41) is 12.4. The minimum Gasteiger partial charge on any atom is -0.482 e. The first-order chi connectivity index (χ1) is 22.9. The zero-order chi connectivity index (χ0) is 33.1. The molecule has 256 valence electrons. The summed E-state index contributed by atoms with van der Waals surface area (Å²) in [6, 6.07) is 13.2. The normalized spacial score (nSPS) is 40.8. The number of rotatable bonds is 10. The number of methoxy groups -OCH3 is 1. The number of benzene rings is 2. The Bertz CT molecular complexity index is 1790. The van der Waals surface area contributed by atoms with Crippen molar-refractivity contribution in [3.63, 3.8) is 0 Å². The summed E-state index contributed by atoms with van der Waals surface area (Å²) in [5.74, 6) is 1.95. The Morgan fingerprint density at radius 3 is 2.62 bits per heavy atom. The second kappa shape index (κ2) is 9.55. The topological polar surface area (TPSA) is 77.2 Å². The van der Waals surface area contributed by atoms with Crippen molar-refractivity contribution in [3.05, 3.63) is 70.3 Å². The average Bonchev–Trinajstić information content (AvgIpc) is 3.90. The molecule has 9 aliphatic rings. The maximum atomic E-state index is 13.4. The molecule has 2 aromatic rings. The van der Waals surface area contributed by atoms with E-state index in [2.05, 4.69) is 62.1 Å². The third kappa shape index (κ3) is 3.52. The van der Waals surface area contributed by atoms with Gasteiger partial charge in [-0.25, -0.2) is 0 Å². The Labute approximate surface area is 287 Å². The second-order valence-corrected chi connectivity index (χ2v) is 18.5. The highest BCUT2D eigenvalue weighted by Crippen LogP contribution is 2.90. The molecule has 8 heteroatoms. The molecule has 6 fully saturated rings. The Hall–Kier alpha value is -2.23. The van der Waals surface area contributed by atoms with Crippen molar-refractivity contribution in [1.29, 1.82) is 0 Å². The predicted octanol–water partition coefficient (Wildman–Crippen LogP) is 6.46. The molecule has 48 heavy (non-hydrogen) atoms. The van der Waals surface area contributed by atoms with Crippen LogP contribution in [0.25, 0.3) is 0 Å². The number of hydrogen-bond acceptors (Lipinski definition) is 7. The zero-order valence-electron chi connectivity index (χ0n) is 29.0. The first-order valence-corrected chi connectivity index (χ1v) is 19.3. The van der Waals surface area contributed by atoms with Gasteiger partial charge in [0.25, 0.3) is 0 Å². The van der Waals surface area contributed by atoms with E-state index in [1.165, 1.54) is 40.7 Å². The van der Waals surface area contributed by atoms with E-state index < -0.39 is 22.6 Å². The molecule has 7 aliphatic carbocycles. The van der Waals surface area contributed by atoms with E-state index in [0.717, 1.165) is 63.2 Å². The Morgan fingerprint density at radius 2 is 1.88 bits per heavy atom. The summed E-state index contributed by atoms with van der Waals surface area (Å²) in [7, 11) is 1.83. The summed E-state index contributed by atoms with van der Waals surface area (Å²) in [6.07, 6.45) is 11.2. The van der Waals surface area contributed by atoms with E-state index in [1.54, 1.807) is 0 Å². The zero-order valence-corrected chi connectivity index (χ0v) is 29.8. The van der Waals surface area contributed by atoms with Crippen LogP contribution in [-0.4, -0.2) is 57.8 Å². The molecule has 0 radical (unpaired) electrons. The molecule has 7 nitrogen and oxygen atoms in total. The van der Waals surface area contributed by atoms with Gasteiger partial charge in [0, 0.05) is 42.0 Å². The van der Waals surface area contributed by atoms with Gasteiger partial charge in [-0.05, 0) is 98.8 Å². The lowest BCUT2D eigenvalue weighted by Crippen LogP contribution is -2.77. The largest absolute Gasteiger partial charge is 0.482 e. The van der Waals surface area contributed by atoms with Gasteiger partial charge < -0.3 is 18.8 Å². The van der Waals surface area contributed by atoms with Crippen LogP contribution in [-0.2, 0) is 44.1 Å². The molecule has 0 amide bonds. The fraction of sp³-hybridized carbons (Fsp3) is 0.650. The summed E-state index contributed by atoms with van der Waals surface area (Å²) in [4.78, 5) is 2.84. The minimum absolute atomic E-state index is 0.00833. The van der Waals surface area contributed by atoms with Gasteiger partial charge in [-0.1, -0.05) is 62.8 Å². The van der Waals surface area contributed by atoms with E-state index >= 15 is 0 Å². The number of piperidine rings is 1. The molecule has 2 heterocycles. The fourth-order valence-electron chi connectivity index (χ4n) is 12.3. The van der Waals surface area contributed by atoms with Crippen molar-refractivity contribution in [2.75, 3.05) is 20.3 Å². The molecule has 1 N–H and O–H groups in total. The van der Waals surface area contributed by atoms with Gasteiger partial charge in [-0.15, -0.1) is 0 Å². The first kappa shape index (κ1) is 30.6. The van der Waals surface area contributed by atoms with Gasteiger partial charge >= 0.3 is 11.4 Å². The van der Waals surface area contributed by atoms with Gasteiger partial charge in [-0.2, -0.15) is 4.21 Å². The standard InChI is InChI=1S/C40H49NO6S/c1-35(2,3)36(4,42)30-21-37-17-18-40(30,44-5)34-38(37)23-39(33(37)41(39)22-25-10-11-25)28-14-15-29(32(46-34)31(28)38)47-48(43)45-19-16-24-12-13-26-8-6-7-9-27(26)20-24/h6-9,12,14-15,25,30,33-34,42H,10-11,13,16-23H2,1-5H3. The van der Waals surface area contributed by atoms with Crippen LogP contribution in [0.3, 0.4) is 0 Å². The third-order valence-electron chi connectivity index (χ3n) is 15.1. The lowest BCUT2D eigenvalue weighted by atomic mass is 9.38. The molecule has 11 rings (SSSR count). The van der Waals surface area contributed by atoms with Crippen LogP contribution in [0.2, 0.25) is 0 Å². The van der Waals surface area contributed by atoms with Crippen molar-refractivity contribution in [1.82, 2.24) is 4.90 Å². The quantitative estimate of drug-likeness (QED) is 0.230. The smallest absolute Gasteiger partial charge is 0.360 e. The van der Waals surface area contributed by atoms with Crippen LogP contribution in [0.4, 0.5) is 0 Å². The third-order valence-corrected chi connectivity index (χ3v) is 15.8. The van der Waals surface area contributed by atoms with Crippen molar-refractivity contribution in [2.24, 2.45) is 22.7 Å². The molecule has 1 saturated heterocycles. The summed E-state index contributed by atoms with van der Waals surface area (Å²) in [6.45, 7) is 9.98. The van der Waals surface area contributed by atoms with Crippen molar-refractivity contribution in [2.45, 2.75) is 120 Å². The number of allylic oxidation sites excluding steroid dienone is 1. The van der Waals surface area contributed by atoms with E-state index in [-0.39, 0.29) is 33.8 Å². The van der Waals surface area contributed by atoms with Crippen LogP contribution in [0.5, 0.6) is 11.5 Å². The van der Waals surface area contributed by atoms with Gasteiger partial charge in [0.1, 0.15) is 11.7 Å². The predicted molar refractivity (Wildman–Crippen MR) is 183 cm³/mol. The number of ether oxygens (including phenoxy) is 2. The van der Waals surface area contributed by atoms with Gasteiger partial charge in [-0.3, -0.25) is 9.08 Å². The van der Waals surface area contributed by atoms with Crippen LogP contribution in [0, 0.1) is 22.7 Å². The highest BCUT2D eigenvalue weighted by molar-refractivity contribution is 7.75. The lowest BCUT2D eigenvalue weighted by molar-refractivity contribution is -0.290. The average molecular weight is 672 g/mol. The van der Waals surface area contributed by atoms with Crippen molar-refractivity contribution >= 4 is 11.4 Å². The van der Waals surface area contributed by atoms with E-state index in [4.69, 9.17) is 17.8 Å². The van der Waals surface area contributed by atoms with Gasteiger partial charge in [0.05, 0.1) is 17.7 Å². The fourth-order valence-corrected chi connectivity index (χ4v) is 12.9. The molecule has 5 saturated carbocycles. The summed E-state index contributed by atoms with van der Waals surface area (Å²) < 4.78 is 39.2. The van der Waals surface area contributed by atoms with Gasteiger partial charge in [0.2, 0.25) is 0 Å². The molecular formula is C40H49NO6S. The number of aliphatic hydroxyl groups is 1. The second-order valence-electron chi connectivity index (χ2n) is 17.7. The number of fused-ring (bicyclic) bond motifs is 3. The Kier molecular flexibility index (Phi) is 6.08. The summed E-state index contributed by atoms with van der Waals surface area (Å²) in [5.41, 5.74) is 4.57. The highest BCUT2D eigenvalue weighted by Gasteiger charge is 2.95. The molecule has 4 bridgehead atoms. The molecule has 3 spiro atoms.